The zero-order valence-corrected chi connectivity index (χ0v) is 19.3. The zero-order valence-electron chi connectivity index (χ0n) is 17.7. The van der Waals surface area contributed by atoms with Gasteiger partial charge in [0.1, 0.15) is 0 Å². The van der Waals surface area contributed by atoms with Gasteiger partial charge in [0, 0.05) is 49.5 Å². The number of morpholine rings is 1. The number of ether oxygens (including phenoxy) is 1. The first-order valence-electron chi connectivity index (χ1n) is 10.3. The molecular weight excluding hydrogens is 479 g/mol. The van der Waals surface area contributed by atoms with Crippen LogP contribution in [0.5, 0.6) is 0 Å². The maximum absolute atomic E-state index is 12.7. The molecule has 1 N–H and O–H groups in total. The fourth-order valence-corrected chi connectivity index (χ4v) is 5.49. The van der Waals surface area contributed by atoms with E-state index in [1.807, 2.05) is 0 Å². The van der Waals surface area contributed by atoms with E-state index in [0.717, 1.165) is 17.8 Å². The highest BCUT2D eigenvalue weighted by Crippen LogP contribution is 2.37. The van der Waals surface area contributed by atoms with Crippen molar-refractivity contribution in [2.75, 3.05) is 55.7 Å². The van der Waals surface area contributed by atoms with Gasteiger partial charge in [-0.25, -0.2) is 0 Å². The lowest BCUT2D eigenvalue weighted by atomic mass is 10.2. The van der Waals surface area contributed by atoms with Gasteiger partial charge in [0.25, 0.3) is 0 Å². The summed E-state index contributed by atoms with van der Waals surface area (Å²) >= 11 is -0.131. The Kier molecular flexibility index (Phi) is 7.34. The molecule has 8 nitrogen and oxygen atoms in total. The minimum atomic E-state index is -4.31. The first-order chi connectivity index (χ1) is 15.7. The van der Waals surface area contributed by atoms with Crippen LogP contribution in [-0.2, 0) is 21.5 Å². The topological polar surface area (TPSA) is 78.0 Å². The first kappa shape index (κ1) is 24.1. The molecular formula is C20H24F3N5O3S2. The number of hydrogen-bond acceptors (Lipinski definition) is 7. The number of aromatic nitrogens is 1. The summed E-state index contributed by atoms with van der Waals surface area (Å²) in [5.41, 5.74) is -2.25. The minimum absolute atomic E-state index is 0.131. The van der Waals surface area contributed by atoms with Crippen molar-refractivity contribution >= 4 is 33.3 Å². The van der Waals surface area contributed by atoms with Crippen molar-refractivity contribution < 1.29 is 26.3 Å². The van der Waals surface area contributed by atoms with E-state index in [4.69, 9.17) is 4.74 Å². The highest BCUT2D eigenvalue weighted by atomic mass is 32.2. The van der Waals surface area contributed by atoms with Crippen LogP contribution in [0.4, 0.5) is 24.5 Å². The summed E-state index contributed by atoms with van der Waals surface area (Å²) < 4.78 is 72.3. The van der Waals surface area contributed by atoms with Gasteiger partial charge in [-0.1, -0.05) is 0 Å². The molecule has 33 heavy (non-hydrogen) atoms. The third-order valence-electron chi connectivity index (χ3n) is 5.35. The average molecular weight is 504 g/mol. The largest absolute Gasteiger partial charge is 0.446 e. The van der Waals surface area contributed by atoms with Gasteiger partial charge >= 0.3 is 15.7 Å². The summed E-state index contributed by atoms with van der Waals surface area (Å²) in [4.78, 5) is 8.42. The number of nitrogens with one attached hydrogen (secondary N) is 1. The van der Waals surface area contributed by atoms with E-state index in [0.29, 0.717) is 51.7 Å². The van der Waals surface area contributed by atoms with E-state index < -0.39 is 15.7 Å². The van der Waals surface area contributed by atoms with Gasteiger partial charge < -0.3 is 9.64 Å². The summed E-state index contributed by atoms with van der Waals surface area (Å²) in [6.07, 6.45) is 3.12. The summed E-state index contributed by atoms with van der Waals surface area (Å²) in [5, 5.41) is 0. The molecule has 1 aromatic heterocycles. The Morgan fingerprint density at radius 3 is 2.48 bits per heavy atom. The van der Waals surface area contributed by atoms with E-state index in [9.17, 15) is 21.6 Å². The van der Waals surface area contributed by atoms with Crippen molar-refractivity contribution in [2.45, 2.75) is 16.9 Å². The number of benzene rings is 1. The molecule has 0 atom stereocenters. The maximum atomic E-state index is 12.7. The van der Waals surface area contributed by atoms with Crippen LogP contribution in [0.2, 0.25) is 0 Å². The number of pyridine rings is 1. The molecule has 0 amide bonds. The lowest BCUT2D eigenvalue weighted by Gasteiger charge is -2.27. The SMILES string of the molecule is O=S(=O)(Nc1cnccc1CN1CCN(c2ccc(SC(F)(F)F)cc2)C1)N1CCOCC1. The predicted octanol–water partition coefficient (Wildman–Crippen LogP) is 2.96. The molecule has 180 valence electrons. The third-order valence-corrected chi connectivity index (χ3v) is 7.61. The summed E-state index contributed by atoms with van der Waals surface area (Å²) in [5.74, 6) is 0. The van der Waals surface area contributed by atoms with E-state index >= 15 is 0 Å². The number of rotatable bonds is 7. The van der Waals surface area contributed by atoms with Gasteiger partial charge in [0.15, 0.2) is 0 Å². The van der Waals surface area contributed by atoms with E-state index in [1.165, 1.54) is 22.6 Å². The van der Waals surface area contributed by atoms with Crippen molar-refractivity contribution in [1.29, 1.82) is 0 Å². The first-order valence-corrected chi connectivity index (χ1v) is 12.6. The average Bonchev–Trinajstić information content (AvgIpc) is 3.23. The van der Waals surface area contributed by atoms with Crippen LogP contribution >= 0.6 is 11.8 Å². The number of alkyl halides is 3. The number of thioether (sulfide) groups is 1. The molecule has 3 heterocycles. The molecule has 0 bridgehead atoms. The number of anilines is 2. The van der Waals surface area contributed by atoms with Gasteiger partial charge in [-0.15, -0.1) is 0 Å². The van der Waals surface area contributed by atoms with E-state index in [-0.39, 0.29) is 16.7 Å². The minimum Gasteiger partial charge on any atom is -0.379 e. The predicted molar refractivity (Wildman–Crippen MR) is 120 cm³/mol. The van der Waals surface area contributed by atoms with Crippen LogP contribution in [0.15, 0.2) is 47.6 Å². The number of nitrogens with zero attached hydrogens (tertiary/aromatic N) is 4. The van der Waals surface area contributed by atoms with Crippen molar-refractivity contribution in [3.05, 3.63) is 48.3 Å². The Labute approximate surface area is 194 Å². The highest BCUT2D eigenvalue weighted by molar-refractivity contribution is 8.00. The Bertz CT molecular complexity index is 1050. The van der Waals surface area contributed by atoms with Gasteiger partial charge in [-0.3, -0.25) is 14.6 Å². The molecule has 13 heteroatoms. The quantitative estimate of drug-likeness (QED) is 0.582. The van der Waals surface area contributed by atoms with Crippen LogP contribution < -0.4 is 9.62 Å². The second-order valence-corrected chi connectivity index (χ2v) is 10.5. The summed E-state index contributed by atoms with van der Waals surface area (Å²) in [6, 6.07) is 8.09. The molecule has 2 aliphatic rings. The van der Waals surface area contributed by atoms with Crippen LogP contribution in [-0.4, -0.2) is 74.2 Å². The van der Waals surface area contributed by atoms with E-state index in [2.05, 4.69) is 19.5 Å². The fourth-order valence-electron chi connectivity index (χ4n) is 3.73. The zero-order chi connectivity index (χ0) is 23.5. The lowest BCUT2D eigenvalue weighted by Crippen LogP contribution is -2.43. The standard InChI is InChI=1S/C20H24F3N5O3S2/c21-20(22,23)32-18-3-1-17(2-4-18)27-8-7-26(15-27)14-16-5-6-24-13-19(16)25-33(29,30)28-9-11-31-12-10-28/h1-6,13,25H,7-12,14-15H2. The van der Waals surface area contributed by atoms with Gasteiger partial charge in [0.05, 0.1) is 31.8 Å². The molecule has 4 rings (SSSR count). The third kappa shape index (κ3) is 6.51. The monoisotopic (exact) mass is 503 g/mol. The van der Waals surface area contributed by atoms with Crippen LogP contribution in [0.25, 0.3) is 0 Å². The Hall–Kier alpha value is -2.06. The van der Waals surface area contributed by atoms with Crippen molar-refractivity contribution in [3.8, 4) is 0 Å². The second kappa shape index (κ2) is 10.1. The van der Waals surface area contributed by atoms with Crippen LogP contribution in [0, 0.1) is 0 Å². The Morgan fingerprint density at radius 2 is 1.79 bits per heavy atom. The van der Waals surface area contributed by atoms with Gasteiger partial charge in [0.2, 0.25) is 0 Å². The molecule has 0 unspecified atom stereocenters. The Morgan fingerprint density at radius 1 is 1.06 bits per heavy atom. The smallest absolute Gasteiger partial charge is 0.379 e. The Balaban J connectivity index is 1.38. The fraction of sp³-hybridized carbons (Fsp3) is 0.450. The number of halogens is 3. The molecule has 0 radical (unpaired) electrons. The lowest BCUT2D eigenvalue weighted by molar-refractivity contribution is -0.0328. The highest BCUT2D eigenvalue weighted by Gasteiger charge is 2.29. The maximum Gasteiger partial charge on any atom is 0.446 e. The van der Waals surface area contributed by atoms with Gasteiger partial charge in [-0.2, -0.15) is 25.9 Å². The molecule has 0 saturated carbocycles. The van der Waals surface area contributed by atoms with E-state index in [1.54, 1.807) is 24.4 Å². The molecule has 0 aliphatic carbocycles. The molecule has 2 saturated heterocycles. The molecule has 2 aliphatic heterocycles. The van der Waals surface area contributed by atoms with Crippen molar-refractivity contribution in [1.82, 2.24) is 14.2 Å². The molecule has 1 aromatic carbocycles. The van der Waals surface area contributed by atoms with Crippen molar-refractivity contribution in [3.63, 3.8) is 0 Å². The molecule has 0 spiro atoms. The molecule has 2 aromatic rings. The van der Waals surface area contributed by atoms with Crippen LogP contribution in [0.1, 0.15) is 5.56 Å². The van der Waals surface area contributed by atoms with Gasteiger partial charge in [-0.05, 0) is 47.7 Å². The second-order valence-electron chi connectivity index (χ2n) is 7.65. The van der Waals surface area contributed by atoms with Crippen LogP contribution in [0.3, 0.4) is 0 Å². The normalized spacial score (nSPS) is 18.6. The molecule has 2 fully saturated rings. The van der Waals surface area contributed by atoms with Crippen molar-refractivity contribution in [2.24, 2.45) is 0 Å². The summed E-state index contributed by atoms with van der Waals surface area (Å²) in [7, 11) is -3.71. The summed E-state index contributed by atoms with van der Waals surface area (Å²) in [6.45, 7) is 3.84. The number of hydrogen-bond donors (Lipinski definition) is 1.